The number of hydrogen-bond donors (Lipinski definition) is 3. The van der Waals surface area contributed by atoms with Gasteiger partial charge in [0, 0.05) is 23.9 Å². The molecule has 2 amide bonds. The molecule has 6 heteroatoms. The summed E-state index contributed by atoms with van der Waals surface area (Å²) in [5.74, 6) is 0.358. The third kappa shape index (κ3) is 4.67. The molecule has 3 aromatic rings. The van der Waals surface area contributed by atoms with E-state index in [0.717, 1.165) is 11.4 Å². The van der Waals surface area contributed by atoms with Crippen molar-refractivity contribution < 1.29 is 9.59 Å². The number of rotatable bonds is 5. The topological polar surface area (TPSA) is 83.1 Å². The van der Waals surface area contributed by atoms with Crippen LogP contribution in [0.25, 0.3) is 0 Å². The summed E-state index contributed by atoms with van der Waals surface area (Å²) in [5.41, 5.74) is 2.78. The molecule has 0 saturated heterocycles. The Morgan fingerprint density at radius 3 is 2.04 bits per heavy atom. The summed E-state index contributed by atoms with van der Waals surface area (Å²) in [6, 6.07) is 19.9. The standard InChI is InChI=1S/C20H18N4O2/c1-14(25)22-16-7-9-17(10-8-16)23-19-12-11-18(13-21-19)24-20(26)15-5-3-2-4-6-15/h2-13H,1H3,(H,21,23)(H,22,25)(H,24,26). The van der Waals surface area contributed by atoms with Gasteiger partial charge in [-0.1, -0.05) is 18.2 Å². The number of benzene rings is 2. The first kappa shape index (κ1) is 17.2. The Balaban J connectivity index is 1.61. The molecule has 0 fully saturated rings. The summed E-state index contributed by atoms with van der Waals surface area (Å²) in [5, 5.41) is 8.68. The van der Waals surface area contributed by atoms with Crippen LogP contribution in [0.2, 0.25) is 0 Å². The van der Waals surface area contributed by atoms with E-state index in [9.17, 15) is 9.59 Å². The van der Waals surface area contributed by atoms with Crippen LogP contribution in [0.15, 0.2) is 72.9 Å². The molecule has 26 heavy (non-hydrogen) atoms. The van der Waals surface area contributed by atoms with Crippen LogP contribution in [0, 0.1) is 0 Å². The van der Waals surface area contributed by atoms with Crippen molar-refractivity contribution in [2.24, 2.45) is 0 Å². The third-order valence-corrected chi connectivity index (χ3v) is 3.54. The van der Waals surface area contributed by atoms with Crippen molar-refractivity contribution >= 4 is 34.7 Å². The van der Waals surface area contributed by atoms with Gasteiger partial charge in [-0.2, -0.15) is 0 Å². The Morgan fingerprint density at radius 1 is 0.769 bits per heavy atom. The molecular formula is C20H18N4O2. The van der Waals surface area contributed by atoms with Crippen LogP contribution in [0.4, 0.5) is 22.9 Å². The molecule has 2 aromatic carbocycles. The maximum Gasteiger partial charge on any atom is 0.255 e. The normalized spacial score (nSPS) is 10.0. The highest BCUT2D eigenvalue weighted by Gasteiger charge is 2.05. The van der Waals surface area contributed by atoms with Gasteiger partial charge in [0.1, 0.15) is 5.82 Å². The highest BCUT2D eigenvalue weighted by atomic mass is 16.2. The van der Waals surface area contributed by atoms with Crippen molar-refractivity contribution in [1.29, 1.82) is 0 Å². The molecule has 6 nitrogen and oxygen atoms in total. The van der Waals surface area contributed by atoms with Gasteiger partial charge in [0.05, 0.1) is 11.9 Å². The molecule has 3 N–H and O–H groups in total. The monoisotopic (exact) mass is 346 g/mol. The molecule has 0 spiro atoms. The summed E-state index contributed by atoms with van der Waals surface area (Å²) in [7, 11) is 0. The molecule has 1 heterocycles. The Labute approximate surface area is 151 Å². The molecule has 0 unspecified atom stereocenters. The van der Waals surface area contributed by atoms with Gasteiger partial charge in [-0.15, -0.1) is 0 Å². The number of aromatic nitrogens is 1. The second-order valence-electron chi connectivity index (χ2n) is 5.64. The zero-order chi connectivity index (χ0) is 18.4. The minimum atomic E-state index is -0.179. The number of pyridine rings is 1. The van der Waals surface area contributed by atoms with Crippen LogP contribution >= 0.6 is 0 Å². The largest absolute Gasteiger partial charge is 0.340 e. The number of amides is 2. The molecule has 0 bridgehead atoms. The fourth-order valence-electron chi connectivity index (χ4n) is 2.32. The minimum absolute atomic E-state index is 0.111. The summed E-state index contributed by atoms with van der Waals surface area (Å²) in [6.45, 7) is 1.47. The maximum absolute atomic E-state index is 12.1. The van der Waals surface area contributed by atoms with Gasteiger partial charge < -0.3 is 16.0 Å². The highest BCUT2D eigenvalue weighted by molar-refractivity contribution is 6.04. The first-order chi connectivity index (χ1) is 12.6. The van der Waals surface area contributed by atoms with Gasteiger partial charge in [0.2, 0.25) is 5.91 Å². The lowest BCUT2D eigenvalue weighted by Gasteiger charge is -2.09. The molecule has 0 saturated carbocycles. The Bertz CT molecular complexity index is 891. The fourth-order valence-corrected chi connectivity index (χ4v) is 2.32. The average molecular weight is 346 g/mol. The number of nitrogens with one attached hydrogen (secondary N) is 3. The van der Waals surface area contributed by atoms with E-state index in [0.29, 0.717) is 17.1 Å². The zero-order valence-electron chi connectivity index (χ0n) is 14.2. The lowest BCUT2D eigenvalue weighted by atomic mass is 10.2. The number of carbonyl (C=O) groups excluding carboxylic acids is 2. The molecule has 3 rings (SSSR count). The maximum atomic E-state index is 12.1. The molecule has 1 aromatic heterocycles. The van der Waals surface area contributed by atoms with Crippen molar-refractivity contribution in [1.82, 2.24) is 4.98 Å². The van der Waals surface area contributed by atoms with Gasteiger partial charge in [-0.25, -0.2) is 4.98 Å². The molecule has 0 radical (unpaired) electrons. The minimum Gasteiger partial charge on any atom is -0.340 e. The molecule has 130 valence electrons. The van der Waals surface area contributed by atoms with E-state index in [1.165, 1.54) is 6.92 Å². The number of nitrogens with zero attached hydrogens (tertiary/aromatic N) is 1. The molecule has 0 aliphatic rings. The van der Waals surface area contributed by atoms with Crippen LogP contribution in [0.1, 0.15) is 17.3 Å². The number of anilines is 4. The summed E-state index contributed by atoms with van der Waals surface area (Å²) in [6.07, 6.45) is 1.59. The van der Waals surface area contributed by atoms with Gasteiger partial charge in [0.25, 0.3) is 5.91 Å². The summed E-state index contributed by atoms with van der Waals surface area (Å²) < 4.78 is 0. The second-order valence-corrected chi connectivity index (χ2v) is 5.64. The first-order valence-electron chi connectivity index (χ1n) is 8.07. The van der Waals surface area contributed by atoms with E-state index in [1.54, 1.807) is 42.6 Å². The lowest BCUT2D eigenvalue weighted by molar-refractivity contribution is -0.114. The Hall–Kier alpha value is -3.67. The van der Waals surface area contributed by atoms with Crippen molar-refractivity contribution in [3.63, 3.8) is 0 Å². The van der Waals surface area contributed by atoms with Crippen molar-refractivity contribution in [2.45, 2.75) is 6.92 Å². The molecule has 0 aliphatic carbocycles. The second kappa shape index (κ2) is 7.94. The van der Waals surface area contributed by atoms with Crippen LogP contribution < -0.4 is 16.0 Å². The fraction of sp³-hybridized carbons (Fsp3) is 0.0500. The van der Waals surface area contributed by atoms with E-state index in [-0.39, 0.29) is 11.8 Å². The van der Waals surface area contributed by atoms with Crippen molar-refractivity contribution in [2.75, 3.05) is 16.0 Å². The zero-order valence-corrected chi connectivity index (χ0v) is 14.2. The SMILES string of the molecule is CC(=O)Nc1ccc(Nc2ccc(NC(=O)c3ccccc3)cn2)cc1. The Morgan fingerprint density at radius 2 is 1.42 bits per heavy atom. The van der Waals surface area contributed by atoms with Crippen molar-refractivity contribution in [3.8, 4) is 0 Å². The Kier molecular flexibility index (Phi) is 5.24. The predicted octanol–water partition coefficient (Wildman–Crippen LogP) is 4.04. The van der Waals surface area contributed by atoms with E-state index < -0.39 is 0 Å². The molecule has 0 aliphatic heterocycles. The van der Waals surface area contributed by atoms with E-state index in [4.69, 9.17) is 0 Å². The van der Waals surface area contributed by atoms with Crippen molar-refractivity contribution in [3.05, 3.63) is 78.5 Å². The average Bonchev–Trinajstić information content (AvgIpc) is 2.65. The van der Waals surface area contributed by atoms with Gasteiger partial charge in [-0.3, -0.25) is 9.59 Å². The van der Waals surface area contributed by atoms with Crippen LogP contribution in [-0.4, -0.2) is 16.8 Å². The van der Waals surface area contributed by atoms with Gasteiger partial charge >= 0.3 is 0 Å². The number of carbonyl (C=O) groups is 2. The molecular weight excluding hydrogens is 328 g/mol. The molecule has 0 atom stereocenters. The summed E-state index contributed by atoms with van der Waals surface area (Å²) in [4.78, 5) is 27.4. The number of hydrogen-bond acceptors (Lipinski definition) is 4. The summed E-state index contributed by atoms with van der Waals surface area (Å²) >= 11 is 0. The van der Waals surface area contributed by atoms with E-state index in [1.807, 2.05) is 30.3 Å². The highest BCUT2D eigenvalue weighted by Crippen LogP contribution is 2.19. The lowest BCUT2D eigenvalue weighted by Crippen LogP contribution is -2.11. The van der Waals surface area contributed by atoms with E-state index >= 15 is 0 Å². The van der Waals surface area contributed by atoms with Crippen LogP contribution in [0.3, 0.4) is 0 Å². The first-order valence-corrected chi connectivity index (χ1v) is 8.07. The van der Waals surface area contributed by atoms with Gasteiger partial charge in [-0.05, 0) is 48.5 Å². The quantitative estimate of drug-likeness (QED) is 0.651. The van der Waals surface area contributed by atoms with Gasteiger partial charge in [0.15, 0.2) is 0 Å². The van der Waals surface area contributed by atoms with Crippen LogP contribution in [-0.2, 0) is 4.79 Å². The van der Waals surface area contributed by atoms with E-state index in [2.05, 4.69) is 20.9 Å². The third-order valence-electron chi connectivity index (χ3n) is 3.54. The van der Waals surface area contributed by atoms with Crippen LogP contribution in [0.5, 0.6) is 0 Å². The smallest absolute Gasteiger partial charge is 0.255 e. The predicted molar refractivity (Wildman–Crippen MR) is 103 cm³/mol.